The smallest absolute Gasteiger partial charge is 0.150 e. The molecule has 1 aliphatic rings. The highest BCUT2D eigenvalue weighted by Crippen LogP contribution is 2.50. The van der Waals surface area contributed by atoms with E-state index in [2.05, 4.69) is 129 Å². The van der Waals surface area contributed by atoms with Gasteiger partial charge in [-0.1, -0.05) is 116 Å². The number of anilines is 2. The van der Waals surface area contributed by atoms with Crippen LogP contribution in [0.15, 0.2) is 133 Å². The fourth-order valence-electron chi connectivity index (χ4n) is 7.13. The van der Waals surface area contributed by atoms with Gasteiger partial charge in [0.25, 0.3) is 0 Å². The number of carbonyl (C=O) groups is 1. The van der Waals surface area contributed by atoms with E-state index in [-0.39, 0.29) is 5.92 Å². The molecule has 44 heavy (non-hydrogen) atoms. The van der Waals surface area contributed by atoms with Crippen LogP contribution in [0.25, 0.3) is 44.2 Å². The van der Waals surface area contributed by atoms with Crippen molar-refractivity contribution in [3.8, 4) is 33.4 Å². The zero-order chi connectivity index (χ0) is 30.2. The summed E-state index contributed by atoms with van der Waals surface area (Å²) in [5.41, 5.74) is 15.0. The molecule has 0 bridgehead atoms. The van der Waals surface area contributed by atoms with Crippen LogP contribution in [0.3, 0.4) is 0 Å². The average molecular weight is 570 g/mol. The second kappa shape index (κ2) is 11.5. The maximum atomic E-state index is 12.7. The Morgan fingerprint density at radius 3 is 2.14 bits per heavy atom. The van der Waals surface area contributed by atoms with Crippen molar-refractivity contribution >= 4 is 28.4 Å². The Hall–Kier alpha value is -5.21. The van der Waals surface area contributed by atoms with Gasteiger partial charge in [0.2, 0.25) is 0 Å². The molecule has 0 radical (unpaired) electrons. The number of hydrogen-bond donors (Lipinski definition) is 1. The average Bonchev–Trinajstić information content (AvgIpc) is 3.40. The molecule has 0 spiro atoms. The normalized spacial score (nSPS) is 12.7. The Balaban J connectivity index is 1.44. The highest BCUT2D eigenvalue weighted by atomic mass is 16.1. The monoisotopic (exact) mass is 569 g/mol. The molecule has 1 N–H and O–H groups in total. The van der Waals surface area contributed by atoms with Crippen LogP contribution in [0.2, 0.25) is 0 Å². The van der Waals surface area contributed by atoms with Gasteiger partial charge in [-0.05, 0) is 105 Å². The van der Waals surface area contributed by atoms with Crippen molar-refractivity contribution < 1.29 is 4.79 Å². The molecular weight excluding hydrogens is 534 g/mol. The highest BCUT2D eigenvalue weighted by molar-refractivity contribution is 6.18. The summed E-state index contributed by atoms with van der Waals surface area (Å²) in [5.74, 6) is -0.0846. The van der Waals surface area contributed by atoms with Crippen molar-refractivity contribution in [2.24, 2.45) is 0 Å². The molecule has 1 unspecified atom stereocenters. The molecule has 214 valence electrons. The third-order valence-corrected chi connectivity index (χ3v) is 9.20. The molecule has 0 saturated carbocycles. The van der Waals surface area contributed by atoms with Crippen LogP contribution < -0.4 is 5.32 Å². The largest absolute Gasteiger partial charge is 0.355 e. The molecule has 7 rings (SSSR count). The number of aryl methyl sites for hydroxylation is 1. The van der Waals surface area contributed by atoms with Gasteiger partial charge in [-0.25, -0.2) is 0 Å². The minimum absolute atomic E-state index is 0.0846. The second-order valence-corrected chi connectivity index (χ2v) is 11.6. The Labute approximate surface area is 259 Å². The molecule has 0 heterocycles. The second-order valence-electron chi connectivity index (χ2n) is 11.6. The van der Waals surface area contributed by atoms with E-state index in [0.29, 0.717) is 0 Å². The Morgan fingerprint density at radius 1 is 0.727 bits per heavy atom. The lowest BCUT2D eigenvalue weighted by molar-refractivity contribution is 0.112. The van der Waals surface area contributed by atoms with Crippen molar-refractivity contribution in [1.29, 1.82) is 0 Å². The summed E-state index contributed by atoms with van der Waals surface area (Å²) in [6.45, 7) is 6.49. The molecule has 0 saturated heterocycles. The van der Waals surface area contributed by atoms with E-state index >= 15 is 0 Å². The molecular formula is C42H35NO. The molecule has 0 aliphatic heterocycles. The zero-order valence-corrected chi connectivity index (χ0v) is 25.4. The van der Waals surface area contributed by atoms with Gasteiger partial charge in [0.15, 0.2) is 0 Å². The third kappa shape index (κ3) is 4.55. The lowest BCUT2D eigenvalue weighted by Gasteiger charge is -2.27. The first-order valence-electron chi connectivity index (χ1n) is 15.4. The maximum Gasteiger partial charge on any atom is 0.150 e. The van der Waals surface area contributed by atoms with Crippen LogP contribution in [0, 0.1) is 6.92 Å². The molecule has 6 aromatic carbocycles. The predicted molar refractivity (Wildman–Crippen MR) is 186 cm³/mol. The quantitative estimate of drug-likeness (QED) is 0.146. The van der Waals surface area contributed by atoms with Crippen LogP contribution in [0.5, 0.6) is 0 Å². The van der Waals surface area contributed by atoms with Crippen molar-refractivity contribution in [3.05, 3.63) is 155 Å². The van der Waals surface area contributed by atoms with Crippen molar-refractivity contribution in [1.82, 2.24) is 0 Å². The van der Waals surface area contributed by atoms with E-state index in [1.54, 1.807) is 0 Å². The van der Waals surface area contributed by atoms with E-state index in [1.165, 1.54) is 55.3 Å². The van der Waals surface area contributed by atoms with Crippen LogP contribution in [0.4, 0.5) is 11.4 Å². The summed E-state index contributed by atoms with van der Waals surface area (Å²) < 4.78 is 0. The van der Waals surface area contributed by atoms with Gasteiger partial charge in [-0.15, -0.1) is 0 Å². The molecule has 6 aromatic rings. The number of aldehydes is 1. The van der Waals surface area contributed by atoms with Gasteiger partial charge in [0, 0.05) is 22.9 Å². The SMILES string of the molecule is C/C=C(/CC)C(c1cc(-c2ccc3c4c(cccc24)-c2ccccc2-3)ccc1C=O)c1c(C)cccc1Nc1ccccc1. The van der Waals surface area contributed by atoms with Gasteiger partial charge in [-0.2, -0.15) is 0 Å². The fourth-order valence-corrected chi connectivity index (χ4v) is 7.13. The number of rotatable bonds is 8. The van der Waals surface area contributed by atoms with Crippen LogP contribution in [-0.2, 0) is 0 Å². The Kier molecular flexibility index (Phi) is 7.20. The molecule has 1 aliphatic carbocycles. The zero-order valence-electron chi connectivity index (χ0n) is 25.4. The standard InChI is InChI=1S/C42H35NO/c1-4-28(5-2)41(40-27(3)13-11-20-39(40)43-31-14-7-6-8-15-31)38-25-29(21-22-30(38)26-44)32-23-24-37-34-17-10-9-16-33(34)36-19-12-18-35(32)42(36)37/h4,6-26,41,43H,5H2,1-3H3/b28-4-. The van der Waals surface area contributed by atoms with Gasteiger partial charge in [-0.3, -0.25) is 4.79 Å². The number of carbonyl (C=O) groups excluding carboxylic acids is 1. The molecule has 0 fully saturated rings. The Bertz CT molecular complexity index is 2040. The number of benzene rings is 6. The summed E-state index contributed by atoms with van der Waals surface area (Å²) in [6.07, 6.45) is 4.12. The van der Waals surface area contributed by atoms with E-state index in [9.17, 15) is 4.79 Å². The van der Waals surface area contributed by atoms with E-state index in [1.807, 2.05) is 24.3 Å². The molecule has 2 nitrogen and oxygen atoms in total. The predicted octanol–water partition coefficient (Wildman–Crippen LogP) is 11.5. The molecule has 2 heteroatoms. The van der Waals surface area contributed by atoms with Gasteiger partial charge < -0.3 is 5.32 Å². The van der Waals surface area contributed by atoms with Gasteiger partial charge >= 0.3 is 0 Å². The number of fused-ring (bicyclic) bond motifs is 3. The number of para-hydroxylation sites is 1. The molecule has 0 amide bonds. The van der Waals surface area contributed by atoms with Crippen LogP contribution in [-0.4, -0.2) is 6.29 Å². The molecule has 1 atom stereocenters. The lowest BCUT2D eigenvalue weighted by atomic mass is 9.78. The minimum Gasteiger partial charge on any atom is -0.355 e. The van der Waals surface area contributed by atoms with Gasteiger partial charge in [0.1, 0.15) is 6.29 Å². The Morgan fingerprint density at radius 2 is 1.41 bits per heavy atom. The maximum absolute atomic E-state index is 12.7. The first kappa shape index (κ1) is 27.6. The number of nitrogens with one attached hydrogen (secondary N) is 1. The van der Waals surface area contributed by atoms with E-state index in [4.69, 9.17) is 0 Å². The van der Waals surface area contributed by atoms with Crippen LogP contribution >= 0.6 is 0 Å². The summed E-state index contributed by atoms with van der Waals surface area (Å²) in [5, 5.41) is 6.23. The summed E-state index contributed by atoms with van der Waals surface area (Å²) in [7, 11) is 0. The summed E-state index contributed by atoms with van der Waals surface area (Å²) >= 11 is 0. The summed E-state index contributed by atoms with van der Waals surface area (Å²) in [4.78, 5) is 12.7. The molecule has 0 aromatic heterocycles. The van der Waals surface area contributed by atoms with E-state index < -0.39 is 0 Å². The van der Waals surface area contributed by atoms with Crippen molar-refractivity contribution in [2.45, 2.75) is 33.1 Å². The highest BCUT2D eigenvalue weighted by Gasteiger charge is 2.27. The fraction of sp³-hybridized carbons (Fsp3) is 0.119. The van der Waals surface area contributed by atoms with Crippen molar-refractivity contribution in [3.63, 3.8) is 0 Å². The van der Waals surface area contributed by atoms with Gasteiger partial charge in [0.05, 0.1) is 0 Å². The number of allylic oxidation sites excluding steroid dienone is 2. The summed E-state index contributed by atoms with van der Waals surface area (Å²) in [6, 6.07) is 42.9. The van der Waals surface area contributed by atoms with Crippen LogP contribution in [0.1, 0.15) is 53.2 Å². The topological polar surface area (TPSA) is 29.1 Å². The lowest BCUT2D eigenvalue weighted by Crippen LogP contribution is -2.12. The first-order valence-corrected chi connectivity index (χ1v) is 15.4. The van der Waals surface area contributed by atoms with E-state index in [0.717, 1.165) is 40.8 Å². The number of hydrogen-bond acceptors (Lipinski definition) is 2. The van der Waals surface area contributed by atoms with Crippen molar-refractivity contribution in [2.75, 3.05) is 5.32 Å². The first-order chi connectivity index (χ1) is 21.6. The minimum atomic E-state index is -0.0846. The third-order valence-electron chi connectivity index (χ3n) is 9.20.